The lowest BCUT2D eigenvalue weighted by Gasteiger charge is -2.35. The van der Waals surface area contributed by atoms with E-state index >= 15 is 0 Å². The lowest BCUT2D eigenvalue weighted by atomic mass is 9.73. The van der Waals surface area contributed by atoms with Gasteiger partial charge in [-0.3, -0.25) is 9.59 Å². The van der Waals surface area contributed by atoms with E-state index in [1.54, 1.807) is 0 Å². The van der Waals surface area contributed by atoms with Crippen molar-refractivity contribution in [3.8, 4) is 11.5 Å². The van der Waals surface area contributed by atoms with Crippen LogP contribution in [0.3, 0.4) is 0 Å². The molecular formula is C29H35NO4. The molecule has 34 heavy (non-hydrogen) atoms. The number of rotatable bonds is 9. The predicted octanol–water partition coefficient (Wildman–Crippen LogP) is 5.90. The zero-order valence-electron chi connectivity index (χ0n) is 20.4. The third kappa shape index (κ3) is 5.52. The molecule has 1 aliphatic carbocycles. The van der Waals surface area contributed by atoms with Crippen LogP contribution >= 0.6 is 0 Å². The van der Waals surface area contributed by atoms with Crippen LogP contribution in [-0.4, -0.2) is 24.9 Å². The summed E-state index contributed by atoms with van der Waals surface area (Å²) in [6, 6.07) is 15.8. The van der Waals surface area contributed by atoms with Crippen LogP contribution < -0.4 is 14.8 Å². The van der Waals surface area contributed by atoms with Crippen LogP contribution in [0.5, 0.6) is 11.5 Å². The van der Waals surface area contributed by atoms with Crippen LogP contribution in [0.4, 0.5) is 0 Å². The van der Waals surface area contributed by atoms with E-state index in [-0.39, 0.29) is 29.9 Å². The predicted molar refractivity (Wildman–Crippen MR) is 133 cm³/mol. The highest BCUT2D eigenvalue weighted by Crippen LogP contribution is 2.44. The summed E-state index contributed by atoms with van der Waals surface area (Å²) >= 11 is 0. The summed E-state index contributed by atoms with van der Waals surface area (Å²) in [7, 11) is 0. The summed E-state index contributed by atoms with van der Waals surface area (Å²) in [6.07, 6.45) is 3.37. The summed E-state index contributed by atoms with van der Waals surface area (Å²) < 4.78 is 11.8. The molecule has 0 spiro atoms. The molecule has 2 aromatic rings. The van der Waals surface area contributed by atoms with Gasteiger partial charge >= 0.3 is 0 Å². The molecule has 0 saturated carbocycles. The first-order valence-electron chi connectivity index (χ1n) is 12.5. The van der Waals surface area contributed by atoms with Crippen LogP contribution in [0.1, 0.15) is 75.8 Å². The van der Waals surface area contributed by atoms with Crippen LogP contribution in [0.25, 0.3) is 0 Å². The van der Waals surface area contributed by atoms with Crippen molar-refractivity contribution in [1.82, 2.24) is 5.32 Å². The van der Waals surface area contributed by atoms with Crippen LogP contribution in [0, 0.1) is 5.92 Å². The fourth-order valence-electron chi connectivity index (χ4n) is 4.79. The number of para-hydroxylation sites is 1. The number of ether oxygens (including phenoxy) is 2. The Morgan fingerprint density at radius 3 is 2.47 bits per heavy atom. The molecule has 1 heterocycles. The van der Waals surface area contributed by atoms with Gasteiger partial charge in [0.15, 0.2) is 5.78 Å². The molecule has 180 valence electrons. The Kier molecular flexibility index (Phi) is 7.71. The molecule has 0 aromatic heterocycles. The van der Waals surface area contributed by atoms with Crippen molar-refractivity contribution in [2.45, 2.75) is 64.7 Å². The topological polar surface area (TPSA) is 64.6 Å². The number of ketones is 1. The second-order valence-corrected chi connectivity index (χ2v) is 9.74. The fraction of sp³-hybridized carbons (Fsp3) is 0.448. The Morgan fingerprint density at radius 1 is 0.971 bits per heavy atom. The number of unbranched alkanes of at least 4 members (excludes halogenated alkanes) is 1. The molecule has 1 amide bonds. The second-order valence-electron chi connectivity index (χ2n) is 9.74. The van der Waals surface area contributed by atoms with Crippen molar-refractivity contribution in [2.24, 2.45) is 5.92 Å². The van der Waals surface area contributed by atoms with Gasteiger partial charge < -0.3 is 14.8 Å². The van der Waals surface area contributed by atoms with Gasteiger partial charge in [-0.1, -0.05) is 57.5 Å². The number of hydrogen-bond donors (Lipinski definition) is 1. The van der Waals surface area contributed by atoms with Gasteiger partial charge in [-0.05, 0) is 48.4 Å². The molecular weight excluding hydrogens is 426 g/mol. The van der Waals surface area contributed by atoms with Crippen LogP contribution in [-0.2, 0) is 9.59 Å². The molecule has 0 bridgehead atoms. The highest BCUT2D eigenvalue weighted by molar-refractivity contribution is 6.02. The molecule has 2 atom stereocenters. The molecule has 0 fully saturated rings. The second kappa shape index (κ2) is 10.9. The number of hydrogen-bond acceptors (Lipinski definition) is 4. The number of carbonyl (C=O) groups is 2. The average Bonchev–Trinajstić information content (AvgIpc) is 2.82. The van der Waals surface area contributed by atoms with Crippen molar-refractivity contribution < 1.29 is 19.1 Å². The van der Waals surface area contributed by atoms with Crippen molar-refractivity contribution >= 4 is 11.7 Å². The molecule has 5 nitrogen and oxygen atoms in total. The molecule has 5 heteroatoms. The Morgan fingerprint density at radius 2 is 1.74 bits per heavy atom. The Hall–Kier alpha value is -3.08. The lowest BCUT2D eigenvalue weighted by Crippen LogP contribution is -2.38. The largest absolute Gasteiger partial charge is 0.493 e. The normalized spacial score (nSPS) is 20.2. The van der Waals surface area contributed by atoms with Crippen LogP contribution in [0.15, 0.2) is 59.8 Å². The maximum absolute atomic E-state index is 13.4. The van der Waals surface area contributed by atoms with Gasteiger partial charge in [0.1, 0.15) is 11.5 Å². The van der Waals surface area contributed by atoms with Crippen molar-refractivity contribution in [2.75, 3.05) is 13.2 Å². The lowest BCUT2D eigenvalue weighted by molar-refractivity contribution is -0.122. The smallest absolute Gasteiger partial charge is 0.225 e. The zero-order chi connectivity index (χ0) is 24.1. The summed E-state index contributed by atoms with van der Waals surface area (Å²) in [6.45, 7) is 7.67. The first-order chi connectivity index (χ1) is 16.5. The number of allylic oxidation sites excluding steroid dienone is 2. The van der Waals surface area contributed by atoms with E-state index in [2.05, 4.69) is 26.1 Å². The van der Waals surface area contributed by atoms with Gasteiger partial charge in [0.05, 0.1) is 13.2 Å². The number of benzene rings is 2. The Labute approximate surface area is 202 Å². The van der Waals surface area contributed by atoms with E-state index in [0.29, 0.717) is 32.0 Å². The molecule has 0 radical (unpaired) electrons. The number of carbonyl (C=O) groups excluding carboxylic acids is 2. The standard InChI is InChI=1S/C29H35NO4/c1-4-5-14-33-27-9-7-6-8-23(27)24-17-28(32)30-25-15-21(16-26(31)29(24)25)20-10-12-22(13-11-20)34-18-19(2)3/h6-13,19,21,24H,4-5,14-18H2,1-3H3,(H,30,32). The quantitative estimate of drug-likeness (QED) is 0.472. The minimum Gasteiger partial charge on any atom is -0.493 e. The molecule has 1 aliphatic heterocycles. The molecule has 2 unspecified atom stereocenters. The monoisotopic (exact) mass is 461 g/mol. The third-order valence-corrected chi connectivity index (χ3v) is 6.52. The fourth-order valence-corrected chi connectivity index (χ4v) is 4.79. The van der Waals surface area contributed by atoms with Gasteiger partial charge in [-0.15, -0.1) is 0 Å². The first-order valence-corrected chi connectivity index (χ1v) is 12.5. The first kappa shape index (κ1) is 24.1. The van der Waals surface area contributed by atoms with Crippen LogP contribution in [0.2, 0.25) is 0 Å². The highest BCUT2D eigenvalue weighted by Gasteiger charge is 2.39. The van der Waals surface area contributed by atoms with E-state index in [1.165, 1.54) is 0 Å². The van der Waals surface area contributed by atoms with Gasteiger partial charge in [0.2, 0.25) is 5.91 Å². The zero-order valence-corrected chi connectivity index (χ0v) is 20.4. The van der Waals surface area contributed by atoms with E-state index in [4.69, 9.17) is 9.47 Å². The Balaban J connectivity index is 1.57. The van der Waals surface area contributed by atoms with Crippen molar-refractivity contribution in [3.63, 3.8) is 0 Å². The van der Waals surface area contributed by atoms with Gasteiger partial charge in [-0.25, -0.2) is 0 Å². The molecule has 2 aliphatic rings. The SMILES string of the molecule is CCCCOc1ccccc1C1CC(=O)NC2=C1C(=O)CC(c1ccc(OCC(C)C)cc1)C2. The van der Waals surface area contributed by atoms with E-state index in [0.717, 1.165) is 46.7 Å². The summed E-state index contributed by atoms with van der Waals surface area (Å²) in [5.74, 6) is 1.92. The highest BCUT2D eigenvalue weighted by atomic mass is 16.5. The van der Waals surface area contributed by atoms with Crippen molar-refractivity contribution in [3.05, 3.63) is 70.9 Å². The van der Waals surface area contributed by atoms with Crippen molar-refractivity contribution in [1.29, 1.82) is 0 Å². The van der Waals surface area contributed by atoms with E-state index in [1.807, 2.05) is 48.5 Å². The Bertz CT molecular complexity index is 1050. The number of nitrogens with one attached hydrogen (secondary N) is 1. The number of Topliss-reactive ketones (excluding diaryl/α,β-unsaturated/α-hetero) is 1. The summed E-state index contributed by atoms with van der Waals surface area (Å²) in [5.41, 5.74) is 3.54. The number of amides is 1. The molecule has 1 N–H and O–H groups in total. The van der Waals surface area contributed by atoms with Gasteiger partial charge in [-0.2, -0.15) is 0 Å². The minimum absolute atomic E-state index is 0.0421. The van der Waals surface area contributed by atoms with Gasteiger partial charge in [0, 0.05) is 35.6 Å². The molecule has 2 aromatic carbocycles. The third-order valence-electron chi connectivity index (χ3n) is 6.52. The minimum atomic E-state index is -0.262. The average molecular weight is 462 g/mol. The molecule has 4 rings (SSSR count). The van der Waals surface area contributed by atoms with E-state index in [9.17, 15) is 9.59 Å². The summed E-state index contributed by atoms with van der Waals surface area (Å²) in [5, 5.41) is 3.02. The van der Waals surface area contributed by atoms with Gasteiger partial charge in [0.25, 0.3) is 0 Å². The van der Waals surface area contributed by atoms with E-state index < -0.39 is 0 Å². The summed E-state index contributed by atoms with van der Waals surface area (Å²) in [4.78, 5) is 26.1. The maximum Gasteiger partial charge on any atom is 0.225 e. The maximum atomic E-state index is 13.4. The molecule has 0 saturated heterocycles.